The van der Waals surface area contributed by atoms with Gasteiger partial charge in [0, 0.05) is 5.46 Å². The summed E-state index contributed by atoms with van der Waals surface area (Å²) in [5.41, 5.74) is -0.730. The molecule has 2 rings (SSSR count). The van der Waals surface area contributed by atoms with E-state index in [2.05, 4.69) is 0 Å². The molecule has 0 spiro atoms. The quantitative estimate of drug-likeness (QED) is 0.795. The number of hydrogen-bond donors (Lipinski definition) is 0. The third kappa shape index (κ3) is 3.05. The molecule has 1 aliphatic heterocycles. The number of hydrogen-bond acceptors (Lipinski definition) is 3. The van der Waals surface area contributed by atoms with Gasteiger partial charge in [-0.1, -0.05) is 24.6 Å². The van der Waals surface area contributed by atoms with Crippen molar-refractivity contribution in [2.45, 2.75) is 52.2 Å². The lowest BCUT2D eigenvalue weighted by Gasteiger charge is -2.32. The molecule has 1 saturated heterocycles. The van der Waals surface area contributed by atoms with Crippen LogP contribution in [0.25, 0.3) is 0 Å². The van der Waals surface area contributed by atoms with E-state index in [9.17, 15) is 4.39 Å². The molecule has 0 amide bonds. The SMILES string of the molecule is CCCOc1c(Cl)ccc(B2OC(C)(C)C(C)(C)O2)c1F. The molecule has 0 N–H and O–H groups in total. The molecule has 6 heteroatoms. The summed E-state index contributed by atoms with van der Waals surface area (Å²) in [5, 5.41) is 0.251. The summed E-state index contributed by atoms with van der Waals surface area (Å²) in [4.78, 5) is 0. The highest BCUT2D eigenvalue weighted by Crippen LogP contribution is 2.37. The molecule has 21 heavy (non-hydrogen) atoms. The van der Waals surface area contributed by atoms with E-state index in [0.29, 0.717) is 12.1 Å². The van der Waals surface area contributed by atoms with Crippen LogP contribution in [0, 0.1) is 5.82 Å². The van der Waals surface area contributed by atoms with Gasteiger partial charge in [-0.2, -0.15) is 0 Å². The van der Waals surface area contributed by atoms with Crippen LogP contribution in [0.1, 0.15) is 41.0 Å². The van der Waals surface area contributed by atoms with Crippen molar-refractivity contribution in [2.24, 2.45) is 0 Å². The van der Waals surface area contributed by atoms with Gasteiger partial charge in [0.05, 0.1) is 22.8 Å². The molecule has 0 bridgehead atoms. The third-order valence-corrected chi connectivity index (χ3v) is 4.33. The van der Waals surface area contributed by atoms with Crippen molar-refractivity contribution < 1.29 is 18.4 Å². The fourth-order valence-electron chi connectivity index (χ4n) is 2.04. The zero-order valence-electron chi connectivity index (χ0n) is 13.1. The van der Waals surface area contributed by atoms with E-state index in [1.54, 1.807) is 12.1 Å². The van der Waals surface area contributed by atoms with Crippen molar-refractivity contribution in [1.29, 1.82) is 0 Å². The number of rotatable bonds is 4. The Hall–Kier alpha value is -0.775. The molecular formula is C15H21BClFO3. The number of ether oxygens (including phenoxy) is 1. The molecule has 116 valence electrons. The molecule has 1 aromatic carbocycles. The van der Waals surface area contributed by atoms with Crippen molar-refractivity contribution in [3.05, 3.63) is 23.0 Å². The molecule has 0 saturated carbocycles. The van der Waals surface area contributed by atoms with Crippen molar-refractivity contribution in [2.75, 3.05) is 6.61 Å². The predicted octanol–water partition coefficient (Wildman–Crippen LogP) is 3.57. The van der Waals surface area contributed by atoms with E-state index in [-0.39, 0.29) is 10.8 Å². The van der Waals surface area contributed by atoms with Crippen molar-refractivity contribution in [1.82, 2.24) is 0 Å². The van der Waals surface area contributed by atoms with Crippen LogP contribution in [0.3, 0.4) is 0 Å². The summed E-state index contributed by atoms with van der Waals surface area (Å²) in [6.45, 7) is 10.1. The van der Waals surface area contributed by atoms with Crippen LogP contribution >= 0.6 is 11.6 Å². The largest absolute Gasteiger partial charge is 0.498 e. The Labute approximate surface area is 130 Å². The first-order chi connectivity index (χ1) is 9.69. The first-order valence-corrected chi connectivity index (χ1v) is 7.53. The van der Waals surface area contributed by atoms with Crippen LogP contribution in [-0.4, -0.2) is 24.9 Å². The summed E-state index contributed by atoms with van der Waals surface area (Å²) in [5.74, 6) is -0.458. The van der Waals surface area contributed by atoms with Gasteiger partial charge in [-0.15, -0.1) is 0 Å². The first kappa shape index (κ1) is 16.6. The van der Waals surface area contributed by atoms with Gasteiger partial charge in [-0.25, -0.2) is 4.39 Å². The Balaban J connectivity index is 2.34. The predicted molar refractivity (Wildman–Crippen MR) is 82.9 cm³/mol. The fraction of sp³-hybridized carbons (Fsp3) is 0.600. The Morgan fingerprint density at radius 3 is 2.29 bits per heavy atom. The normalized spacial score (nSPS) is 19.9. The van der Waals surface area contributed by atoms with Gasteiger partial charge in [0.15, 0.2) is 11.6 Å². The van der Waals surface area contributed by atoms with Crippen LogP contribution in [0.5, 0.6) is 5.75 Å². The molecular weight excluding hydrogens is 293 g/mol. The van der Waals surface area contributed by atoms with E-state index >= 15 is 0 Å². The Kier molecular flexibility index (Phi) is 4.57. The minimum atomic E-state index is -0.767. The summed E-state index contributed by atoms with van der Waals surface area (Å²) >= 11 is 6.01. The van der Waals surface area contributed by atoms with Crippen molar-refractivity contribution >= 4 is 24.2 Å². The van der Waals surface area contributed by atoms with Gasteiger partial charge in [0.25, 0.3) is 0 Å². The Morgan fingerprint density at radius 1 is 1.19 bits per heavy atom. The van der Waals surface area contributed by atoms with Gasteiger partial charge in [0.2, 0.25) is 0 Å². The van der Waals surface area contributed by atoms with Crippen LogP contribution in [0.2, 0.25) is 5.02 Å². The Bertz CT molecular complexity index is 518. The van der Waals surface area contributed by atoms with Crippen LogP contribution in [-0.2, 0) is 9.31 Å². The zero-order valence-corrected chi connectivity index (χ0v) is 13.9. The maximum Gasteiger partial charge on any atom is 0.498 e. The molecule has 1 heterocycles. The molecule has 0 aromatic heterocycles. The van der Waals surface area contributed by atoms with E-state index in [4.69, 9.17) is 25.6 Å². The van der Waals surface area contributed by atoms with Gasteiger partial charge in [-0.3, -0.25) is 0 Å². The molecule has 0 unspecified atom stereocenters. The zero-order chi connectivity index (χ0) is 15.8. The lowest BCUT2D eigenvalue weighted by molar-refractivity contribution is 0.00578. The maximum absolute atomic E-state index is 14.6. The Morgan fingerprint density at radius 2 is 1.76 bits per heavy atom. The topological polar surface area (TPSA) is 27.7 Å². The third-order valence-electron chi connectivity index (χ3n) is 4.04. The lowest BCUT2D eigenvalue weighted by atomic mass is 9.78. The minimum Gasteiger partial charge on any atom is -0.489 e. The molecule has 0 radical (unpaired) electrons. The van der Waals surface area contributed by atoms with E-state index in [0.717, 1.165) is 6.42 Å². The smallest absolute Gasteiger partial charge is 0.489 e. The van der Waals surface area contributed by atoms with Gasteiger partial charge >= 0.3 is 7.12 Å². The molecule has 1 fully saturated rings. The van der Waals surface area contributed by atoms with Gasteiger partial charge in [-0.05, 0) is 40.2 Å². The number of halogens is 2. The fourth-order valence-corrected chi connectivity index (χ4v) is 2.24. The highest BCUT2D eigenvalue weighted by molar-refractivity contribution is 6.62. The number of benzene rings is 1. The first-order valence-electron chi connectivity index (χ1n) is 7.16. The average Bonchev–Trinajstić information content (AvgIpc) is 2.58. The molecule has 0 aliphatic carbocycles. The second-order valence-corrected chi connectivity index (χ2v) is 6.62. The second kappa shape index (κ2) is 5.78. The van der Waals surface area contributed by atoms with Gasteiger partial charge in [0.1, 0.15) is 0 Å². The molecule has 1 aromatic rings. The highest BCUT2D eigenvalue weighted by atomic mass is 35.5. The van der Waals surface area contributed by atoms with E-state index in [1.165, 1.54) is 0 Å². The molecule has 3 nitrogen and oxygen atoms in total. The average molecular weight is 315 g/mol. The van der Waals surface area contributed by atoms with Crippen molar-refractivity contribution in [3.8, 4) is 5.75 Å². The second-order valence-electron chi connectivity index (χ2n) is 6.22. The summed E-state index contributed by atoms with van der Waals surface area (Å²) < 4.78 is 31.8. The summed E-state index contributed by atoms with van der Waals surface area (Å²) in [6, 6.07) is 3.19. The standard InChI is InChI=1S/C15H21BClFO3/c1-6-9-19-13-11(17)8-7-10(12(13)18)16-20-14(2,3)15(4,5)21-16/h7-8H,6,9H2,1-5H3. The lowest BCUT2D eigenvalue weighted by Crippen LogP contribution is -2.41. The minimum absolute atomic E-state index is 0.0609. The molecule has 0 atom stereocenters. The summed E-state index contributed by atoms with van der Waals surface area (Å²) in [7, 11) is -0.767. The maximum atomic E-state index is 14.6. The summed E-state index contributed by atoms with van der Waals surface area (Å²) in [6.07, 6.45) is 0.774. The monoisotopic (exact) mass is 314 g/mol. The van der Waals surface area contributed by atoms with E-state index < -0.39 is 24.1 Å². The van der Waals surface area contributed by atoms with Gasteiger partial charge < -0.3 is 14.0 Å². The van der Waals surface area contributed by atoms with Crippen molar-refractivity contribution in [3.63, 3.8) is 0 Å². The van der Waals surface area contributed by atoms with Crippen LogP contribution in [0.15, 0.2) is 12.1 Å². The highest BCUT2D eigenvalue weighted by Gasteiger charge is 2.52. The van der Waals surface area contributed by atoms with Crippen LogP contribution in [0.4, 0.5) is 4.39 Å². The van der Waals surface area contributed by atoms with E-state index in [1.807, 2.05) is 34.6 Å². The van der Waals surface area contributed by atoms with Crippen LogP contribution < -0.4 is 10.2 Å². The molecule has 1 aliphatic rings.